The van der Waals surface area contributed by atoms with E-state index in [4.69, 9.17) is 0 Å². The van der Waals surface area contributed by atoms with Gasteiger partial charge in [0.15, 0.2) is 5.78 Å². The maximum absolute atomic E-state index is 13.1. The Morgan fingerprint density at radius 1 is 1.08 bits per heavy atom. The highest BCUT2D eigenvalue weighted by atomic mass is 32.2. The number of Topliss-reactive ketones (excluding diaryl/α,β-unsaturated/α-hetero) is 1. The highest BCUT2D eigenvalue weighted by Crippen LogP contribution is 2.41. The summed E-state index contributed by atoms with van der Waals surface area (Å²) in [5, 5.41) is 0. The first kappa shape index (κ1) is 17.2. The maximum Gasteiger partial charge on any atom is 0.243 e. The summed E-state index contributed by atoms with van der Waals surface area (Å²) in [5.74, 6) is 0.0794. The van der Waals surface area contributed by atoms with E-state index in [1.807, 2.05) is 43.3 Å². The lowest BCUT2D eigenvalue weighted by Gasteiger charge is -2.24. The van der Waals surface area contributed by atoms with Gasteiger partial charge in [0.25, 0.3) is 0 Å². The Hall–Kier alpha value is -2.24. The van der Waals surface area contributed by atoms with Crippen LogP contribution in [0.4, 0.5) is 0 Å². The van der Waals surface area contributed by atoms with Crippen LogP contribution >= 0.6 is 0 Å². The molecule has 0 radical (unpaired) electrons. The van der Waals surface area contributed by atoms with E-state index in [0.29, 0.717) is 23.6 Å². The molecule has 2 aromatic carbocycles. The minimum Gasteiger partial charge on any atom is -0.294 e. The Labute approximate surface area is 154 Å². The van der Waals surface area contributed by atoms with Gasteiger partial charge in [-0.2, -0.15) is 4.31 Å². The zero-order valence-electron chi connectivity index (χ0n) is 14.9. The lowest BCUT2D eigenvalue weighted by molar-refractivity contribution is -0.111. The minimum absolute atomic E-state index is 0.00624. The van der Waals surface area contributed by atoms with Crippen molar-refractivity contribution in [3.63, 3.8) is 0 Å². The summed E-state index contributed by atoms with van der Waals surface area (Å²) < 4.78 is 27.6. The van der Waals surface area contributed by atoms with E-state index in [-0.39, 0.29) is 11.7 Å². The molecule has 134 valence electrons. The van der Waals surface area contributed by atoms with Gasteiger partial charge in [-0.15, -0.1) is 0 Å². The van der Waals surface area contributed by atoms with E-state index in [1.165, 1.54) is 4.31 Å². The van der Waals surface area contributed by atoms with E-state index in [0.717, 1.165) is 28.7 Å². The third-order valence-corrected chi connectivity index (χ3v) is 7.17. The van der Waals surface area contributed by atoms with Gasteiger partial charge in [-0.3, -0.25) is 4.79 Å². The smallest absolute Gasteiger partial charge is 0.243 e. The van der Waals surface area contributed by atoms with Crippen molar-refractivity contribution >= 4 is 21.4 Å². The first-order chi connectivity index (χ1) is 12.4. The molecule has 1 unspecified atom stereocenters. The number of benzene rings is 2. The Bertz CT molecular complexity index is 1020. The van der Waals surface area contributed by atoms with E-state index in [9.17, 15) is 13.2 Å². The summed E-state index contributed by atoms with van der Waals surface area (Å²) in [6.07, 6.45) is 0.780. The molecule has 1 heterocycles. The molecule has 0 saturated carbocycles. The van der Waals surface area contributed by atoms with Crippen LogP contribution < -0.4 is 0 Å². The van der Waals surface area contributed by atoms with Gasteiger partial charge in [-0.25, -0.2) is 8.42 Å². The lowest BCUT2D eigenvalue weighted by Crippen LogP contribution is -2.29. The number of sulfonamides is 1. The van der Waals surface area contributed by atoms with E-state index >= 15 is 0 Å². The predicted molar refractivity (Wildman–Crippen MR) is 101 cm³/mol. The Morgan fingerprint density at radius 2 is 1.77 bits per heavy atom. The Kier molecular flexibility index (Phi) is 4.09. The molecule has 0 amide bonds. The van der Waals surface area contributed by atoms with Crippen LogP contribution in [0.2, 0.25) is 0 Å². The molecule has 1 aliphatic carbocycles. The van der Waals surface area contributed by atoms with Crippen molar-refractivity contribution in [2.45, 2.75) is 25.2 Å². The molecule has 1 aliphatic heterocycles. The average molecular weight is 367 g/mol. The Balaban J connectivity index is 1.75. The number of allylic oxidation sites excluding steroid dienone is 1. The fourth-order valence-electron chi connectivity index (χ4n) is 4.05. The highest BCUT2D eigenvalue weighted by Gasteiger charge is 2.40. The monoisotopic (exact) mass is 367 g/mol. The van der Waals surface area contributed by atoms with Gasteiger partial charge in [0.2, 0.25) is 10.0 Å². The third kappa shape index (κ3) is 2.72. The van der Waals surface area contributed by atoms with Crippen LogP contribution in [0.5, 0.6) is 0 Å². The van der Waals surface area contributed by atoms with Crippen LogP contribution in [-0.4, -0.2) is 31.6 Å². The second-order valence-electron chi connectivity index (χ2n) is 7.13. The zero-order chi connectivity index (χ0) is 18.5. The van der Waals surface area contributed by atoms with Crippen molar-refractivity contribution in [2.24, 2.45) is 5.92 Å². The van der Waals surface area contributed by atoms with Crippen LogP contribution in [0, 0.1) is 12.8 Å². The van der Waals surface area contributed by atoms with Gasteiger partial charge in [-0.05, 0) is 49.1 Å². The van der Waals surface area contributed by atoms with Crippen LogP contribution in [0.3, 0.4) is 0 Å². The van der Waals surface area contributed by atoms with Crippen LogP contribution in [-0.2, 0) is 21.2 Å². The number of aryl methyl sites for hydroxylation is 1. The fourth-order valence-corrected chi connectivity index (χ4v) is 5.51. The molecule has 2 aromatic rings. The summed E-state index contributed by atoms with van der Waals surface area (Å²) in [5.41, 5.74) is 4.78. The molecule has 1 saturated heterocycles. The summed E-state index contributed by atoms with van der Waals surface area (Å²) >= 11 is 0. The largest absolute Gasteiger partial charge is 0.294 e. The molecule has 1 atom stereocenters. The highest BCUT2D eigenvalue weighted by molar-refractivity contribution is 7.89. The predicted octanol–water partition coefficient (Wildman–Crippen LogP) is 3.21. The molecule has 0 aromatic heterocycles. The van der Waals surface area contributed by atoms with Crippen molar-refractivity contribution < 1.29 is 13.2 Å². The number of rotatable bonds is 3. The zero-order valence-corrected chi connectivity index (χ0v) is 15.7. The molecular weight excluding hydrogens is 346 g/mol. The van der Waals surface area contributed by atoms with Gasteiger partial charge >= 0.3 is 0 Å². The van der Waals surface area contributed by atoms with E-state index < -0.39 is 10.0 Å². The van der Waals surface area contributed by atoms with Crippen molar-refractivity contribution in [3.8, 4) is 0 Å². The topological polar surface area (TPSA) is 54.5 Å². The van der Waals surface area contributed by atoms with Crippen LogP contribution in [0.25, 0.3) is 5.57 Å². The number of carbonyl (C=O) groups is 1. The summed E-state index contributed by atoms with van der Waals surface area (Å²) in [4.78, 5) is 12.7. The molecule has 0 N–H and O–H groups in total. The second kappa shape index (κ2) is 6.18. The molecule has 0 spiro atoms. The van der Waals surface area contributed by atoms with E-state index in [2.05, 4.69) is 0 Å². The van der Waals surface area contributed by atoms with Crippen molar-refractivity contribution in [1.82, 2.24) is 4.31 Å². The molecule has 4 rings (SSSR count). The molecule has 0 bridgehead atoms. The van der Waals surface area contributed by atoms with Crippen molar-refractivity contribution in [1.29, 1.82) is 0 Å². The lowest BCUT2D eigenvalue weighted by atomic mass is 9.79. The number of hydrogen-bond donors (Lipinski definition) is 0. The molecule has 4 nitrogen and oxygen atoms in total. The number of ketones is 1. The molecular formula is C21H21NO3S. The summed E-state index contributed by atoms with van der Waals surface area (Å²) in [7, 11) is -3.56. The standard InChI is InChI=1S/C21H21NO3S/c1-14-7-9-18(10-8-14)26(24,25)22-12-17-11-16-5-3-4-6-19(16)21(15(2)23)20(17)13-22/h3-10,17H,11-13H2,1-2H3. The number of nitrogens with zero attached hydrogens (tertiary/aromatic N) is 1. The average Bonchev–Trinajstić information content (AvgIpc) is 3.03. The molecule has 1 fully saturated rings. The van der Waals surface area contributed by atoms with Gasteiger partial charge < -0.3 is 0 Å². The van der Waals surface area contributed by atoms with Gasteiger partial charge in [0, 0.05) is 24.6 Å². The van der Waals surface area contributed by atoms with E-state index in [1.54, 1.807) is 19.1 Å². The third-order valence-electron chi connectivity index (χ3n) is 5.35. The van der Waals surface area contributed by atoms with Crippen LogP contribution in [0.15, 0.2) is 59.0 Å². The maximum atomic E-state index is 13.1. The number of carbonyl (C=O) groups excluding carboxylic acids is 1. The normalized spacial score (nSPS) is 20.0. The SMILES string of the molecule is CC(=O)C1=C2CN(S(=O)(=O)c3ccc(C)cc3)CC2Cc2ccccc21. The van der Waals surface area contributed by atoms with Gasteiger partial charge in [0.05, 0.1) is 4.90 Å². The minimum atomic E-state index is -3.56. The first-order valence-corrected chi connectivity index (χ1v) is 10.2. The summed E-state index contributed by atoms with van der Waals surface area (Å²) in [6, 6.07) is 14.8. The van der Waals surface area contributed by atoms with Crippen molar-refractivity contribution in [2.75, 3.05) is 13.1 Å². The molecule has 2 aliphatic rings. The summed E-state index contributed by atoms with van der Waals surface area (Å²) in [6.45, 7) is 4.22. The quantitative estimate of drug-likeness (QED) is 0.837. The number of hydrogen-bond acceptors (Lipinski definition) is 3. The molecule has 5 heteroatoms. The van der Waals surface area contributed by atoms with Gasteiger partial charge in [0.1, 0.15) is 0 Å². The molecule has 26 heavy (non-hydrogen) atoms. The first-order valence-electron chi connectivity index (χ1n) is 8.77. The number of fused-ring (bicyclic) bond motifs is 2. The van der Waals surface area contributed by atoms with Gasteiger partial charge in [-0.1, -0.05) is 42.0 Å². The fraction of sp³-hybridized carbons (Fsp3) is 0.286. The van der Waals surface area contributed by atoms with Crippen molar-refractivity contribution in [3.05, 3.63) is 70.8 Å². The second-order valence-corrected chi connectivity index (χ2v) is 9.06. The van der Waals surface area contributed by atoms with Crippen LogP contribution in [0.1, 0.15) is 23.6 Å². The Morgan fingerprint density at radius 3 is 2.46 bits per heavy atom.